The summed E-state index contributed by atoms with van der Waals surface area (Å²) in [5.74, 6) is 0.628. The van der Waals surface area contributed by atoms with Gasteiger partial charge in [0.2, 0.25) is 5.91 Å². The summed E-state index contributed by atoms with van der Waals surface area (Å²) in [6.45, 7) is 1.37. The van der Waals surface area contributed by atoms with Gasteiger partial charge in [-0.25, -0.2) is 0 Å². The van der Waals surface area contributed by atoms with Gasteiger partial charge in [-0.3, -0.25) is 9.79 Å². The van der Waals surface area contributed by atoms with Crippen molar-refractivity contribution in [3.8, 4) is 0 Å². The molecule has 2 atom stereocenters. The third kappa shape index (κ3) is 3.28. The van der Waals surface area contributed by atoms with Crippen molar-refractivity contribution in [2.24, 2.45) is 4.99 Å². The van der Waals surface area contributed by atoms with Crippen molar-refractivity contribution in [3.63, 3.8) is 0 Å². The Morgan fingerprint density at radius 1 is 1.30 bits per heavy atom. The van der Waals surface area contributed by atoms with E-state index in [9.17, 15) is 9.90 Å². The molecule has 0 radical (unpaired) electrons. The average molecular weight is 297 g/mol. The molecule has 0 aromatic carbocycles. The molecule has 20 heavy (non-hydrogen) atoms. The largest absolute Gasteiger partial charge is 0.393 e. The fourth-order valence-corrected chi connectivity index (χ4v) is 4.08. The topological polar surface area (TPSA) is 64.9 Å². The van der Waals surface area contributed by atoms with Gasteiger partial charge in [-0.2, -0.15) is 0 Å². The zero-order valence-corrected chi connectivity index (χ0v) is 12.6. The van der Waals surface area contributed by atoms with E-state index < -0.39 is 0 Å². The van der Waals surface area contributed by atoms with E-state index in [1.54, 1.807) is 0 Å². The third-order valence-corrected chi connectivity index (χ3v) is 5.36. The number of thioether (sulfide) groups is 1. The van der Waals surface area contributed by atoms with Crippen LogP contribution in [0.2, 0.25) is 0 Å². The maximum absolute atomic E-state index is 12.1. The van der Waals surface area contributed by atoms with E-state index >= 15 is 0 Å². The maximum atomic E-state index is 12.1. The number of amidine groups is 1. The number of likely N-dealkylation sites (tertiary alicyclic amines) is 1. The summed E-state index contributed by atoms with van der Waals surface area (Å²) in [6, 6.07) is 0.943. The van der Waals surface area contributed by atoms with E-state index in [2.05, 4.69) is 5.32 Å². The quantitative estimate of drug-likeness (QED) is 0.797. The molecule has 0 bridgehead atoms. The standard InChI is InChI=1S/C14H23N3O2S/c18-10-5-7-17(8-6-10)13(19)9-20-14-15-11-3-1-2-4-12(11)16-14/h10-12,18H,1-9H2,(H,15,16)/t11-,12-/m0/s1. The van der Waals surface area contributed by atoms with Crippen LogP contribution in [-0.4, -0.2) is 58.1 Å². The Balaban J connectivity index is 1.44. The molecular formula is C14H23N3O2S. The minimum Gasteiger partial charge on any atom is -0.393 e. The number of aliphatic hydroxyl groups is 1. The maximum Gasteiger partial charge on any atom is 0.233 e. The predicted molar refractivity (Wildman–Crippen MR) is 80.9 cm³/mol. The van der Waals surface area contributed by atoms with Crippen molar-refractivity contribution < 1.29 is 9.90 Å². The Morgan fingerprint density at radius 3 is 2.80 bits per heavy atom. The molecule has 3 aliphatic rings. The van der Waals surface area contributed by atoms with Crippen LogP contribution in [0.25, 0.3) is 0 Å². The Hall–Kier alpha value is -0.750. The number of hydrogen-bond donors (Lipinski definition) is 2. The molecule has 3 rings (SSSR count). The molecule has 0 unspecified atom stereocenters. The summed E-state index contributed by atoms with van der Waals surface area (Å²) in [4.78, 5) is 18.7. The highest BCUT2D eigenvalue weighted by molar-refractivity contribution is 8.14. The lowest BCUT2D eigenvalue weighted by molar-refractivity contribution is -0.130. The second kappa shape index (κ2) is 6.35. The Bertz CT molecular complexity index is 394. The number of amides is 1. The summed E-state index contributed by atoms with van der Waals surface area (Å²) in [7, 11) is 0. The number of carbonyl (C=O) groups excluding carboxylic acids is 1. The van der Waals surface area contributed by atoms with Crippen LogP contribution in [0.15, 0.2) is 4.99 Å². The molecule has 6 heteroatoms. The third-order valence-electron chi connectivity index (χ3n) is 4.47. The van der Waals surface area contributed by atoms with Crippen LogP contribution in [-0.2, 0) is 4.79 Å². The lowest BCUT2D eigenvalue weighted by atomic mass is 9.92. The molecule has 1 saturated heterocycles. The zero-order chi connectivity index (χ0) is 13.9. The number of nitrogens with one attached hydrogen (secondary N) is 1. The number of carbonyl (C=O) groups is 1. The summed E-state index contributed by atoms with van der Waals surface area (Å²) in [5, 5.41) is 13.9. The van der Waals surface area contributed by atoms with Gasteiger partial charge in [0.25, 0.3) is 0 Å². The summed E-state index contributed by atoms with van der Waals surface area (Å²) in [6.07, 6.45) is 6.14. The number of rotatable bonds is 2. The van der Waals surface area contributed by atoms with Crippen LogP contribution in [0.3, 0.4) is 0 Å². The molecule has 2 aliphatic heterocycles. The van der Waals surface area contributed by atoms with Crippen molar-refractivity contribution >= 4 is 22.8 Å². The molecule has 0 spiro atoms. The van der Waals surface area contributed by atoms with Crippen LogP contribution in [0.1, 0.15) is 38.5 Å². The van der Waals surface area contributed by atoms with Crippen molar-refractivity contribution in [2.75, 3.05) is 18.8 Å². The summed E-state index contributed by atoms with van der Waals surface area (Å²) < 4.78 is 0. The first-order valence-electron chi connectivity index (χ1n) is 7.65. The van der Waals surface area contributed by atoms with Gasteiger partial charge < -0.3 is 15.3 Å². The number of piperidine rings is 1. The number of nitrogens with zero attached hydrogens (tertiary/aromatic N) is 2. The van der Waals surface area contributed by atoms with Gasteiger partial charge in [-0.1, -0.05) is 24.6 Å². The molecule has 0 aromatic rings. The average Bonchev–Trinajstić information content (AvgIpc) is 2.88. The Kier molecular flexibility index (Phi) is 4.51. The molecule has 1 amide bonds. The fourth-order valence-electron chi connectivity index (χ4n) is 3.20. The predicted octanol–water partition coefficient (Wildman–Crippen LogP) is 0.973. The number of fused-ring (bicyclic) bond motifs is 1. The van der Waals surface area contributed by atoms with Gasteiger partial charge in [0.05, 0.1) is 23.9 Å². The summed E-state index contributed by atoms with van der Waals surface area (Å²) in [5.41, 5.74) is 0. The molecule has 1 saturated carbocycles. The molecule has 1 aliphatic carbocycles. The second-order valence-electron chi connectivity index (χ2n) is 5.94. The number of hydrogen-bond acceptors (Lipinski definition) is 5. The van der Waals surface area contributed by atoms with Crippen LogP contribution in [0.4, 0.5) is 0 Å². The Morgan fingerprint density at radius 2 is 2.05 bits per heavy atom. The summed E-state index contributed by atoms with van der Waals surface area (Å²) >= 11 is 1.54. The lowest BCUT2D eigenvalue weighted by Crippen LogP contribution is -2.41. The molecule has 2 N–H and O–H groups in total. The van der Waals surface area contributed by atoms with E-state index in [1.165, 1.54) is 37.4 Å². The van der Waals surface area contributed by atoms with Gasteiger partial charge in [0, 0.05) is 13.1 Å². The molecule has 0 aromatic heterocycles. The molecular weight excluding hydrogens is 274 g/mol. The van der Waals surface area contributed by atoms with E-state index in [4.69, 9.17) is 4.99 Å². The minimum atomic E-state index is -0.226. The minimum absolute atomic E-state index is 0.168. The van der Waals surface area contributed by atoms with E-state index in [0.717, 1.165) is 5.17 Å². The van der Waals surface area contributed by atoms with Gasteiger partial charge >= 0.3 is 0 Å². The van der Waals surface area contributed by atoms with E-state index in [0.29, 0.717) is 43.8 Å². The van der Waals surface area contributed by atoms with Gasteiger partial charge in [-0.05, 0) is 25.7 Å². The monoisotopic (exact) mass is 297 g/mol. The van der Waals surface area contributed by atoms with E-state index in [-0.39, 0.29) is 12.0 Å². The molecule has 5 nitrogen and oxygen atoms in total. The highest BCUT2D eigenvalue weighted by Gasteiger charge is 2.31. The van der Waals surface area contributed by atoms with Gasteiger partial charge in [0.1, 0.15) is 0 Å². The highest BCUT2D eigenvalue weighted by Crippen LogP contribution is 2.27. The zero-order valence-electron chi connectivity index (χ0n) is 11.8. The van der Waals surface area contributed by atoms with E-state index in [1.807, 2.05) is 4.90 Å². The molecule has 112 valence electrons. The van der Waals surface area contributed by atoms with Crippen LogP contribution in [0, 0.1) is 0 Å². The van der Waals surface area contributed by atoms with Crippen LogP contribution >= 0.6 is 11.8 Å². The smallest absolute Gasteiger partial charge is 0.233 e. The molecule has 2 fully saturated rings. The second-order valence-corrected chi connectivity index (χ2v) is 6.90. The highest BCUT2D eigenvalue weighted by atomic mass is 32.2. The number of aliphatic imine (C=N–C) groups is 1. The SMILES string of the molecule is O=C(CSC1=N[C@H]2CCCC[C@@H]2N1)N1CCC(O)CC1. The van der Waals surface area contributed by atoms with Gasteiger partial charge in [0.15, 0.2) is 5.17 Å². The van der Waals surface area contributed by atoms with Crippen molar-refractivity contribution in [1.29, 1.82) is 0 Å². The number of aliphatic hydroxyl groups excluding tert-OH is 1. The lowest BCUT2D eigenvalue weighted by Gasteiger charge is -2.29. The fraction of sp³-hybridized carbons (Fsp3) is 0.857. The first kappa shape index (κ1) is 14.2. The van der Waals surface area contributed by atoms with Gasteiger partial charge in [-0.15, -0.1) is 0 Å². The first-order valence-corrected chi connectivity index (χ1v) is 8.64. The molecule has 2 heterocycles. The van der Waals surface area contributed by atoms with Crippen LogP contribution in [0.5, 0.6) is 0 Å². The normalized spacial score (nSPS) is 30.6. The van der Waals surface area contributed by atoms with Crippen molar-refractivity contribution in [3.05, 3.63) is 0 Å². The van der Waals surface area contributed by atoms with Crippen LogP contribution < -0.4 is 5.32 Å². The van der Waals surface area contributed by atoms with Crippen molar-refractivity contribution in [2.45, 2.75) is 56.7 Å². The first-order chi connectivity index (χ1) is 9.72. The Labute approximate surface area is 124 Å². The van der Waals surface area contributed by atoms with Crippen molar-refractivity contribution in [1.82, 2.24) is 10.2 Å².